The van der Waals surface area contributed by atoms with Crippen molar-refractivity contribution in [3.63, 3.8) is 0 Å². The second-order valence-corrected chi connectivity index (χ2v) is 30.6. The van der Waals surface area contributed by atoms with Gasteiger partial charge in [-0.05, 0) is 0 Å². The van der Waals surface area contributed by atoms with E-state index in [4.69, 9.17) is 0 Å². The molecule has 0 saturated carbocycles. The molecule has 4 aromatic rings. The molecule has 1 saturated heterocycles. The van der Waals surface area contributed by atoms with Crippen LogP contribution in [0.5, 0.6) is 0 Å². The van der Waals surface area contributed by atoms with E-state index in [0.29, 0.717) is 0 Å². The van der Waals surface area contributed by atoms with Crippen LogP contribution in [0, 0.1) is 0 Å². The predicted octanol–water partition coefficient (Wildman–Crippen LogP) is 7.11. The van der Waals surface area contributed by atoms with Crippen molar-refractivity contribution < 1.29 is 44.8 Å². The van der Waals surface area contributed by atoms with Gasteiger partial charge in [-0.2, -0.15) is 0 Å². The van der Waals surface area contributed by atoms with Crippen molar-refractivity contribution in [2.75, 3.05) is 0 Å². The first-order valence-corrected chi connectivity index (χ1v) is 27.2. The van der Waals surface area contributed by atoms with Gasteiger partial charge in [0, 0.05) is 0 Å². The maximum atomic E-state index is 2.69. The van der Waals surface area contributed by atoms with Crippen LogP contribution in [0.2, 0.25) is 8.35 Å². The van der Waals surface area contributed by atoms with Gasteiger partial charge in [0.1, 0.15) is 0 Å². The van der Waals surface area contributed by atoms with Gasteiger partial charge < -0.3 is 24.8 Å². The molecule has 2 aliphatic carbocycles. The smallest absolute Gasteiger partial charge is 1.00 e. The number of benzene rings is 4. The number of hydrogen-bond acceptors (Lipinski definition) is 0. The molecule has 0 aromatic heterocycles. The molecule has 0 spiro atoms. The third-order valence-corrected chi connectivity index (χ3v) is 30.4. The van der Waals surface area contributed by atoms with Gasteiger partial charge in [0.15, 0.2) is 0 Å². The summed E-state index contributed by atoms with van der Waals surface area (Å²) in [6.07, 6.45) is 15.2. The monoisotopic (exact) mass is 828 g/mol. The van der Waals surface area contributed by atoms with Gasteiger partial charge in [-0.25, -0.2) is 0 Å². The number of fused-ring (bicyclic) bond motifs is 2. The van der Waals surface area contributed by atoms with Gasteiger partial charge in [0.25, 0.3) is 0 Å². The average molecular weight is 828 g/mol. The largest absolute Gasteiger partial charge is 1.00 e. The van der Waals surface area contributed by atoms with Crippen LogP contribution in [-0.4, -0.2) is 0 Å². The minimum Gasteiger partial charge on any atom is -1.00 e. The van der Waals surface area contributed by atoms with Crippen LogP contribution in [0.4, 0.5) is 0 Å². The van der Waals surface area contributed by atoms with Crippen molar-refractivity contribution in [1.29, 1.82) is 0 Å². The molecule has 0 nitrogen and oxygen atoms in total. The van der Waals surface area contributed by atoms with E-state index < -0.39 is 20.0 Å². The fraction of sp³-hybridized carbons (Fsp3) is 0.364. The molecule has 3 heteroatoms. The van der Waals surface area contributed by atoms with Crippen LogP contribution in [0.15, 0.2) is 96.1 Å². The molecule has 2 unspecified atom stereocenters. The summed E-state index contributed by atoms with van der Waals surface area (Å²) >= 11 is -2.93. The van der Waals surface area contributed by atoms with Crippen LogP contribution in [0.1, 0.15) is 107 Å². The molecule has 4 aromatic carbocycles. The number of unbranched alkanes of at least 4 members (excludes halogenated alkanes) is 2. The van der Waals surface area contributed by atoms with Gasteiger partial charge in [0.05, 0.1) is 0 Å². The zero-order valence-electron chi connectivity index (χ0n) is 28.7. The summed E-state index contributed by atoms with van der Waals surface area (Å²) in [6, 6.07) is 33.4. The van der Waals surface area contributed by atoms with Crippen molar-refractivity contribution in [3.05, 3.63) is 129 Å². The number of hydrogen-bond donors (Lipinski definition) is 0. The van der Waals surface area contributed by atoms with Gasteiger partial charge in [-0.3, -0.25) is 0 Å². The molecule has 1 aliphatic heterocycles. The molecule has 47 heavy (non-hydrogen) atoms. The fourth-order valence-electron chi connectivity index (χ4n) is 8.71. The van der Waals surface area contributed by atoms with Gasteiger partial charge >= 0.3 is 279 Å². The van der Waals surface area contributed by atoms with E-state index in [9.17, 15) is 0 Å². The topological polar surface area (TPSA) is 0 Å². The van der Waals surface area contributed by atoms with Crippen molar-refractivity contribution in [3.8, 4) is 22.3 Å². The van der Waals surface area contributed by atoms with Crippen molar-refractivity contribution >= 4 is 12.2 Å². The Bertz CT molecular complexity index is 1610. The van der Waals surface area contributed by atoms with E-state index in [1.54, 1.807) is 41.8 Å². The molecular formula is C44H50Cl2Hf. The molecule has 1 fully saturated rings. The van der Waals surface area contributed by atoms with Crippen LogP contribution in [-0.2, 0) is 32.8 Å². The Morgan fingerprint density at radius 1 is 0.532 bits per heavy atom. The molecular weight excluding hydrogens is 778 g/mol. The van der Waals surface area contributed by atoms with E-state index in [1.165, 1.54) is 71.9 Å². The second-order valence-electron chi connectivity index (χ2n) is 14.0. The van der Waals surface area contributed by atoms with Crippen LogP contribution >= 0.6 is 0 Å². The number of rotatable bonds is 12. The summed E-state index contributed by atoms with van der Waals surface area (Å²) in [5.41, 5.74) is 18.5. The number of halogens is 2. The molecule has 7 rings (SSSR count). The number of aryl methyl sites for hydroxylation is 2. The fourth-order valence-corrected chi connectivity index (χ4v) is 36.8. The van der Waals surface area contributed by atoms with Crippen molar-refractivity contribution in [2.45, 2.75) is 94.8 Å². The Morgan fingerprint density at radius 3 is 1.28 bits per heavy atom. The normalized spacial score (nSPS) is 17.7. The Morgan fingerprint density at radius 2 is 0.936 bits per heavy atom. The molecule has 0 N–H and O–H groups in total. The molecule has 3 aliphatic rings. The minimum atomic E-state index is -2.93. The van der Waals surface area contributed by atoms with Gasteiger partial charge in [0.2, 0.25) is 0 Å². The molecule has 0 bridgehead atoms. The van der Waals surface area contributed by atoms with Crippen LogP contribution < -0.4 is 24.8 Å². The summed E-state index contributed by atoms with van der Waals surface area (Å²) < 4.78 is 4.53. The SMILES string of the molecule is CCCCC1=Cc2c(-c3ccc(CC)cc3)cccc2[CH]1[Hf+2]1([CH]2C(CCCC)=Cc3c(-c4ccc(CC)cc4)cccc32)[CH2][CH2]1.[Cl-].[Cl-]. The third-order valence-electron chi connectivity index (χ3n) is 11.3. The standard InChI is InChI=1S/2C21H23.C2H4.2ClH.Hf/c2*1-3-5-7-17-14-19-8-6-9-20(21(19)15-17)18-12-10-16(4-2)11-13-18;1-2;;;/h2*6,8-15H,3-5,7H2,1-2H3;1-2H2;2*1H;/q;;;;;+2/p-2. The molecule has 1 heterocycles. The van der Waals surface area contributed by atoms with Gasteiger partial charge in [-0.1, -0.05) is 0 Å². The van der Waals surface area contributed by atoms with E-state index >= 15 is 0 Å². The summed E-state index contributed by atoms with van der Waals surface area (Å²) in [5, 5.41) is 0. The second kappa shape index (κ2) is 15.6. The third kappa shape index (κ3) is 6.71. The van der Waals surface area contributed by atoms with E-state index in [-0.39, 0.29) is 24.8 Å². The maximum Gasteiger partial charge on any atom is -1.00 e. The molecule has 0 radical (unpaired) electrons. The van der Waals surface area contributed by atoms with Crippen LogP contribution in [0.3, 0.4) is 0 Å². The Balaban J connectivity index is 0.00000217. The maximum absolute atomic E-state index is 2.93. The molecule has 244 valence electrons. The summed E-state index contributed by atoms with van der Waals surface area (Å²) in [4.78, 5) is 0. The Kier molecular flexibility index (Phi) is 12.0. The van der Waals surface area contributed by atoms with Gasteiger partial charge in [-0.15, -0.1) is 0 Å². The van der Waals surface area contributed by atoms with E-state index in [1.807, 2.05) is 0 Å². The first-order chi connectivity index (χ1) is 22.1. The number of allylic oxidation sites excluding steroid dienone is 2. The quantitative estimate of drug-likeness (QED) is 0.134. The first kappa shape index (κ1) is 36.1. The van der Waals surface area contributed by atoms with E-state index in [2.05, 4.69) is 125 Å². The van der Waals surface area contributed by atoms with Crippen molar-refractivity contribution in [2.24, 2.45) is 0 Å². The first-order valence-electron chi connectivity index (χ1n) is 18.0. The van der Waals surface area contributed by atoms with E-state index in [0.717, 1.165) is 20.2 Å². The molecule has 0 amide bonds. The Hall–Kier alpha value is -2.19. The predicted molar refractivity (Wildman–Crippen MR) is 193 cm³/mol. The summed E-state index contributed by atoms with van der Waals surface area (Å²) in [7, 11) is 0. The zero-order chi connectivity index (χ0) is 31.0. The van der Waals surface area contributed by atoms with Crippen molar-refractivity contribution in [1.82, 2.24) is 0 Å². The zero-order valence-corrected chi connectivity index (χ0v) is 33.8. The molecule has 2 atom stereocenters. The average Bonchev–Trinajstić information content (AvgIpc) is 3.63. The van der Waals surface area contributed by atoms with Crippen LogP contribution in [0.25, 0.3) is 34.4 Å². The summed E-state index contributed by atoms with van der Waals surface area (Å²) in [5.74, 6) is 0. The minimum absolute atomic E-state index is 0. The summed E-state index contributed by atoms with van der Waals surface area (Å²) in [6.45, 7) is 9.23. The Labute approximate surface area is 301 Å².